The van der Waals surface area contributed by atoms with Crippen molar-refractivity contribution in [3.8, 4) is 0 Å². The lowest BCUT2D eigenvalue weighted by Crippen LogP contribution is -2.34. The van der Waals surface area contributed by atoms with Gasteiger partial charge < -0.3 is 5.32 Å². The molecular formula is C17H25BrClNS. The minimum atomic E-state index is 0.522. The second-order valence-electron chi connectivity index (χ2n) is 5.83. The van der Waals surface area contributed by atoms with Crippen LogP contribution in [-0.2, 0) is 6.42 Å². The maximum absolute atomic E-state index is 6.37. The number of benzene rings is 1. The smallest absolute Gasteiger partial charge is 0.0449 e. The number of thioether (sulfide) groups is 1. The van der Waals surface area contributed by atoms with Crippen molar-refractivity contribution in [1.29, 1.82) is 0 Å². The summed E-state index contributed by atoms with van der Waals surface area (Å²) in [6.07, 6.45) is 7.85. The molecule has 1 aromatic carbocycles. The molecule has 2 rings (SSSR count). The Hall–Kier alpha value is 0.300. The average Bonchev–Trinajstić information content (AvgIpc) is 2.97. The first-order valence-electron chi connectivity index (χ1n) is 7.98. The molecule has 21 heavy (non-hydrogen) atoms. The highest BCUT2D eigenvalue weighted by Gasteiger charge is 2.18. The molecular weight excluding hydrogens is 366 g/mol. The summed E-state index contributed by atoms with van der Waals surface area (Å²) in [7, 11) is 0. The Kier molecular flexibility index (Phi) is 7.94. The van der Waals surface area contributed by atoms with Gasteiger partial charge in [-0.15, -0.1) is 0 Å². The first-order chi connectivity index (χ1) is 10.2. The minimum Gasteiger partial charge on any atom is -0.313 e. The number of hydrogen-bond donors (Lipinski definition) is 1. The van der Waals surface area contributed by atoms with Gasteiger partial charge in [0.15, 0.2) is 0 Å². The third-order valence-corrected chi connectivity index (χ3v) is 6.38. The maximum Gasteiger partial charge on any atom is 0.0449 e. The molecule has 4 heteroatoms. The molecule has 0 aliphatic heterocycles. The van der Waals surface area contributed by atoms with Crippen molar-refractivity contribution in [3.05, 3.63) is 33.3 Å². The molecule has 0 saturated heterocycles. The van der Waals surface area contributed by atoms with Crippen LogP contribution in [-0.4, -0.2) is 23.6 Å². The fraction of sp³-hybridized carbons (Fsp3) is 0.647. The van der Waals surface area contributed by atoms with Crippen LogP contribution in [0.5, 0.6) is 0 Å². The van der Waals surface area contributed by atoms with E-state index in [1.807, 2.05) is 6.07 Å². The van der Waals surface area contributed by atoms with E-state index in [-0.39, 0.29) is 0 Å². The fourth-order valence-corrected chi connectivity index (χ4v) is 4.96. The van der Waals surface area contributed by atoms with Gasteiger partial charge in [0, 0.05) is 26.5 Å². The molecule has 1 aliphatic rings. The number of halogens is 2. The molecule has 1 N–H and O–H groups in total. The van der Waals surface area contributed by atoms with Crippen molar-refractivity contribution in [1.82, 2.24) is 5.32 Å². The van der Waals surface area contributed by atoms with E-state index in [1.54, 1.807) is 0 Å². The predicted octanol–water partition coefficient (Wildman–Crippen LogP) is 5.69. The Labute approximate surface area is 146 Å². The van der Waals surface area contributed by atoms with Crippen LogP contribution in [0.2, 0.25) is 5.02 Å². The van der Waals surface area contributed by atoms with Gasteiger partial charge in [0.1, 0.15) is 0 Å². The van der Waals surface area contributed by atoms with E-state index >= 15 is 0 Å². The third kappa shape index (κ3) is 6.13. The van der Waals surface area contributed by atoms with Crippen LogP contribution in [0.15, 0.2) is 22.7 Å². The van der Waals surface area contributed by atoms with E-state index < -0.39 is 0 Å². The highest BCUT2D eigenvalue weighted by atomic mass is 79.9. The third-order valence-electron chi connectivity index (χ3n) is 4.00. The molecule has 1 aromatic rings. The van der Waals surface area contributed by atoms with Gasteiger partial charge >= 0.3 is 0 Å². The molecule has 1 unspecified atom stereocenters. The van der Waals surface area contributed by atoms with Gasteiger partial charge in [0.05, 0.1) is 0 Å². The van der Waals surface area contributed by atoms with Crippen molar-refractivity contribution < 1.29 is 0 Å². The Morgan fingerprint density at radius 2 is 2.14 bits per heavy atom. The molecule has 1 nitrogen and oxygen atoms in total. The quantitative estimate of drug-likeness (QED) is 0.612. The summed E-state index contributed by atoms with van der Waals surface area (Å²) in [6, 6.07) is 6.75. The summed E-state index contributed by atoms with van der Waals surface area (Å²) in [6.45, 7) is 3.31. The van der Waals surface area contributed by atoms with E-state index in [0.717, 1.165) is 27.7 Å². The highest BCUT2D eigenvalue weighted by Crippen LogP contribution is 2.30. The number of hydrogen-bond acceptors (Lipinski definition) is 2. The summed E-state index contributed by atoms with van der Waals surface area (Å²) in [5, 5.41) is 5.45. The summed E-state index contributed by atoms with van der Waals surface area (Å²) in [5.41, 5.74) is 1.25. The summed E-state index contributed by atoms with van der Waals surface area (Å²) in [4.78, 5) is 0. The Morgan fingerprint density at radius 3 is 2.81 bits per heavy atom. The lowest BCUT2D eigenvalue weighted by molar-refractivity contribution is 0.549. The second-order valence-corrected chi connectivity index (χ2v) is 8.49. The van der Waals surface area contributed by atoms with Gasteiger partial charge in [-0.1, -0.05) is 53.4 Å². The zero-order valence-electron chi connectivity index (χ0n) is 12.7. The monoisotopic (exact) mass is 389 g/mol. The van der Waals surface area contributed by atoms with E-state index in [2.05, 4.69) is 52.1 Å². The number of nitrogens with one attached hydrogen (secondary N) is 1. The molecule has 0 aromatic heterocycles. The summed E-state index contributed by atoms with van der Waals surface area (Å²) >= 11 is 12.0. The van der Waals surface area contributed by atoms with Crippen molar-refractivity contribution in [2.75, 3.05) is 12.3 Å². The zero-order chi connectivity index (χ0) is 15.1. The van der Waals surface area contributed by atoms with Gasteiger partial charge in [-0.05, 0) is 49.9 Å². The summed E-state index contributed by atoms with van der Waals surface area (Å²) < 4.78 is 1.05. The molecule has 0 amide bonds. The molecule has 0 heterocycles. The molecule has 118 valence electrons. The predicted molar refractivity (Wildman–Crippen MR) is 99.7 cm³/mol. The van der Waals surface area contributed by atoms with Crippen molar-refractivity contribution in [3.63, 3.8) is 0 Å². The van der Waals surface area contributed by atoms with Crippen LogP contribution < -0.4 is 5.32 Å². The first kappa shape index (κ1) is 17.7. The molecule has 0 bridgehead atoms. The minimum absolute atomic E-state index is 0.522. The van der Waals surface area contributed by atoms with Crippen LogP contribution in [0.1, 0.15) is 44.6 Å². The van der Waals surface area contributed by atoms with E-state index in [9.17, 15) is 0 Å². The molecule has 0 radical (unpaired) electrons. The fourth-order valence-electron chi connectivity index (χ4n) is 2.80. The van der Waals surface area contributed by atoms with Crippen LogP contribution in [0.3, 0.4) is 0 Å². The maximum atomic E-state index is 6.37. The van der Waals surface area contributed by atoms with E-state index in [4.69, 9.17) is 11.6 Å². The van der Waals surface area contributed by atoms with Gasteiger partial charge in [-0.2, -0.15) is 11.8 Å². The largest absolute Gasteiger partial charge is 0.313 e. The standard InChI is InChI=1S/C17H25BrClNS/c1-2-9-20-15(12-21-16-5-3-4-6-16)10-13-7-8-14(18)11-17(13)19/h7-8,11,15-16,20H,2-6,9-10,12H2,1H3. The van der Waals surface area contributed by atoms with Crippen LogP contribution >= 0.6 is 39.3 Å². The normalized spacial score (nSPS) is 17.3. The van der Waals surface area contributed by atoms with Gasteiger partial charge in [0.2, 0.25) is 0 Å². The van der Waals surface area contributed by atoms with Gasteiger partial charge in [-0.3, -0.25) is 0 Å². The zero-order valence-corrected chi connectivity index (χ0v) is 15.9. The van der Waals surface area contributed by atoms with Crippen LogP contribution in [0.4, 0.5) is 0 Å². The first-order valence-corrected chi connectivity index (χ1v) is 10.2. The second kappa shape index (κ2) is 9.44. The lowest BCUT2D eigenvalue weighted by atomic mass is 10.1. The van der Waals surface area contributed by atoms with E-state index in [0.29, 0.717) is 6.04 Å². The molecule has 0 spiro atoms. The Balaban J connectivity index is 1.90. The van der Waals surface area contributed by atoms with E-state index in [1.165, 1.54) is 43.4 Å². The molecule has 1 saturated carbocycles. The summed E-state index contributed by atoms with van der Waals surface area (Å²) in [5.74, 6) is 1.19. The van der Waals surface area contributed by atoms with Gasteiger partial charge in [0.25, 0.3) is 0 Å². The Morgan fingerprint density at radius 1 is 1.38 bits per heavy atom. The van der Waals surface area contributed by atoms with Crippen molar-refractivity contribution >= 4 is 39.3 Å². The van der Waals surface area contributed by atoms with Gasteiger partial charge in [-0.25, -0.2) is 0 Å². The van der Waals surface area contributed by atoms with Crippen molar-refractivity contribution in [2.45, 2.75) is 56.7 Å². The van der Waals surface area contributed by atoms with Crippen LogP contribution in [0, 0.1) is 0 Å². The molecule has 1 atom stereocenters. The SMILES string of the molecule is CCCNC(CSC1CCCC1)Cc1ccc(Br)cc1Cl. The lowest BCUT2D eigenvalue weighted by Gasteiger charge is -2.21. The average molecular weight is 391 g/mol. The molecule has 1 fully saturated rings. The number of rotatable bonds is 8. The van der Waals surface area contributed by atoms with Crippen LogP contribution in [0.25, 0.3) is 0 Å². The highest BCUT2D eigenvalue weighted by molar-refractivity contribution is 9.10. The van der Waals surface area contributed by atoms with Crippen molar-refractivity contribution in [2.24, 2.45) is 0 Å². The Bertz CT molecular complexity index is 435. The topological polar surface area (TPSA) is 12.0 Å². The molecule has 1 aliphatic carbocycles.